The third-order valence-electron chi connectivity index (χ3n) is 6.10. The van der Waals surface area contributed by atoms with Crippen LogP contribution in [0.25, 0.3) is 10.8 Å². The summed E-state index contributed by atoms with van der Waals surface area (Å²) in [6.07, 6.45) is 2.87. The first-order chi connectivity index (χ1) is 15.5. The molecule has 0 bridgehead atoms. The molecule has 0 spiro atoms. The van der Waals surface area contributed by atoms with E-state index >= 15 is 0 Å². The molecule has 7 heteroatoms. The molecule has 2 aromatic carbocycles. The third-order valence-corrected chi connectivity index (χ3v) is 6.10. The molecule has 32 heavy (non-hydrogen) atoms. The Morgan fingerprint density at radius 2 is 1.78 bits per heavy atom. The van der Waals surface area contributed by atoms with Crippen LogP contribution in [0, 0.1) is 0 Å². The van der Waals surface area contributed by atoms with E-state index in [0.29, 0.717) is 35.1 Å². The van der Waals surface area contributed by atoms with Gasteiger partial charge in [-0.15, -0.1) is 0 Å². The average Bonchev–Trinajstić information content (AvgIpc) is 3.28. The molecule has 7 nitrogen and oxygen atoms in total. The van der Waals surface area contributed by atoms with Gasteiger partial charge in [0.15, 0.2) is 5.69 Å². The van der Waals surface area contributed by atoms with Crippen LogP contribution < -0.4 is 16.4 Å². The molecule has 2 unspecified atom stereocenters. The van der Waals surface area contributed by atoms with Gasteiger partial charge in [0, 0.05) is 31.1 Å². The quantitative estimate of drug-likeness (QED) is 0.597. The molecule has 1 amide bonds. The Morgan fingerprint density at radius 3 is 2.50 bits per heavy atom. The van der Waals surface area contributed by atoms with E-state index in [9.17, 15) is 9.59 Å². The molecule has 1 fully saturated rings. The highest BCUT2D eigenvalue weighted by molar-refractivity contribution is 6.04. The van der Waals surface area contributed by atoms with Crippen molar-refractivity contribution in [3.63, 3.8) is 0 Å². The molecule has 1 aliphatic heterocycles. The van der Waals surface area contributed by atoms with E-state index in [1.54, 1.807) is 24.1 Å². The smallest absolute Gasteiger partial charge is 0.274 e. The minimum atomic E-state index is -0.164. The highest BCUT2D eigenvalue weighted by atomic mass is 16.2. The van der Waals surface area contributed by atoms with Crippen LogP contribution in [0.2, 0.25) is 0 Å². The van der Waals surface area contributed by atoms with Crippen molar-refractivity contribution in [2.45, 2.75) is 51.2 Å². The molecule has 3 aromatic rings. The fourth-order valence-corrected chi connectivity index (χ4v) is 4.29. The number of hydrazine groups is 1. The topological polar surface area (TPSA) is 79.3 Å². The van der Waals surface area contributed by atoms with Gasteiger partial charge in [0.2, 0.25) is 0 Å². The Bertz CT molecular complexity index is 1140. The summed E-state index contributed by atoms with van der Waals surface area (Å²) in [7, 11) is 1.80. The zero-order valence-corrected chi connectivity index (χ0v) is 18.9. The van der Waals surface area contributed by atoms with Gasteiger partial charge in [-0.2, -0.15) is 5.10 Å². The van der Waals surface area contributed by atoms with Crippen molar-refractivity contribution in [3.8, 4) is 0 Å². The predicted octanol–water partition coefficient (Wildman–Crippen LogP) is 3.44. The Morgan fingerprint density at radius 1 is 1.09 bits per heavy atom. The van der Waals surface area contributed by atoms with Crippen molar-refractivity contribution in [2.75, 3.05) is 13.6 Å². The van der Waals surface area contributed by atoms with Crippen molar-refractivity contribution < 1.29 is 4.79 Å². The highest BCUT2D eigenvalue weighted by Crippen LogP contribution is 2.24. The number of nitrogens with one attached hydrogen (secondary N) is 2. The summed E-state index contributed by atoms with van der Waals surface area (Å²) in [4.78, 5) is 27.7. The van der Waals surface area contributed by atoms with Gasteiger partial charge in [0.1, 0.15) is 0 Å². The third kappa shape index (κ3) is 4.59. The molecule has 1 saturated heterocycles. The first-order valence-electron chi connectivity index (χ1n) is 11.3. The first-order valence-corrected chi connectivity index (χ1v) is 11.3. The van der Waals surface area contributed by atoms with Crippen LogP contribution >= 0.6 is 0 Å². The Hall–Kier alpha value is -3.03. The van der Waals surface area contributed by atoms with E-state index in [2.05, 4.69) is 40.2 Å². The van der Waals surface area contributed by atoms with Crippen molar-refractivity contribution in [2.24, 2.45) is 0 Å². The van der Waals surface area contributed by atoms with Crippen molar-refractivity contribution >= 4 is 16.7 Å². The number of hydrogen-bond donors (Lipinski definition) is 2. The minimum absolute atomic E-state index is 0.123. The summed E-state index contributed by atoms with van der Waals surface area (Å²) < 4.78 is 1.40. The SMILES string of the molecule is CC(C)n1nc(C(=O)N(C)CCCC2CC(c3ccccc3)NN2)c2ccccc2c1=O. The highest BCUT2D eigenvalue weighted by Gasteiger charge is 2.25. The van der Waals surface area contributed by atoms with E-state index in [4.69, 9.17) is 0 Å². The summed E-state index contributed by atoms with van der Waals surface area (Å²) in [5.41, 5.74) is 8.22. The van der Waals surface area contributed by atoms with Gasteiger partial charge >= 0.3 is 0 Å². The average molecular weight is 434 g/mol. The maximum absolute atomic E-state index is 13.2. The van der Waals surface area contributed by atoms with Gasteiger partial charge in [-0.25, -0.2) is 4.68 Å². The zero-order valence-electron chi connectivity index (χ0n) is 18.9. The standard InChI is InChI=1S/C25H31N5O2/c1-17(2)30-24(31)21-14-8-7-13-20(21)23(28-30)25(32)29(3)15-9-12-19-16-22(27-26-19)18-10-5-4-6-11-18/h4-8,10-11,13-14,17,19,22,26-27H,9,12,15-16H2,1-3H3. The summed E-state index contributed by atoms with van der Waals surface area (Å²) in [6, 6.07) is 18.2. The molecule has 2 N–H and O–H groups in total. The van der Waals surface area contributed by atoms with Gasteiger partial charge in [0.05, 0.1) is 11.4 Å². The van der Waals surface area contributed by atoms with Crippen molar-refractivity contribution in [1.82, 2.24) is 25.5 Å². The van der Waals surface area contributed by atoms with Crippen LogP contribution in [0.4, 0.5) is 0 Å². The molecule has 4 rings (SSSR count). The maximum atomic E-state index is 13.2. The van der Waals surface area contributed by atoms with Crippen LogP contribution in [0.5, 0.6) is 0 Å². The normalized spacial score (nSPS) is 18.4. The number of benzene rings is 2. The molecular weight excluding hydrogens is 402 g/mol. The second-order valence-corrected chi connectivity index (χ2v) is 8.79. The fourth-order valence-electron chi connectivity index (χ4n) is 4.29. The van der Waals surface area contributed by atoms with Crippen LogP contribution in [0.1, 0.15) is 61.2 Å². The van der Waals surface area contributed by atoms with E-state index in [1.165, 1.54) is 10.2 Å². The van der Waals surface area contributed by atoms with Crippen molar-refractivity contribution in [1.29, 1.82) is 0 Å². The van der Waals surface area contributed by atoms with Gasteiger partial charge in [0.25, 0.3) is 11.5 Å². The molecule has 1 aromatic heterocycles. The van der Waals surface area contributed by atoms with E-state index in [0.717, 1.165) is 19.3 Å². The lowest BCUT2D eigenvalue weighted by Gasteiger charge is -2.20. The molecule has 2 heterocycles. The van der Waals surface area contributed by atoms with Gasteiger partial charge < -0.3 is 4.90 Å². The van der Waals surface area contributed by atoms with Crippen molar-refractivity contribution in [3.05, 3.63) is 76.2 Å². The lowest BCUT2D eigenvalue weighted by atomic mass is 10.00. The largest absolute Gasteiger partial charge is 0.340 e. The monoisotopic (exact) mass is 433 g/mol. The van der Waals surface area contributed by atoms with Crippen LogP contribution in [0.15, 0.2) is 59.4 Å². The fraction of sp³-hybridized carbons (Fsp3) is 0.400. The Kier molecular flexibility index (Phi) is 6.67. The second-order valence-electron chi connectivity index (χ2n) is 8.79. The summed E-state index contributed by atoms with van der Waals surface area (Å²) in [5.74, 6) is -0.157. The molecule has 168 valence electrons. The van der Waals surface area contributed by atoms with E-state index in [1.807, 2.05) is 32.0 Å². The van der Waals surface area contributed by atoms with Crippen LogP contribution in [-0.2, 0) is 0 Å². The summed E-state index contributed by atoms with van der Waals surface area (Å²) in [6.45, 7) is 4.42. The number of hydrogen-bond acceptors (Lipinski definition) is 5. The maximum Gasteiger partial charge on any atom is 0.274 e. The number of fused-ring (bicyclic) bond motifs is 1. The lowest BCUT2D eigenvalue weighted by Crippen LogP contribution is -2.34. The van der Waals surface area contributed by atoms with Gasteiger partial charge in [-0.1, -0.05) is 48.5 Å². The Labute approximate surface area is 188 Å². The number of amides is 1. The summed E-state index contributed by atoms with van der Waals surface area (Å²) in [5, 5.41) is 5.58. The Balaban J connectivity index is 1.40. The van der Waals surface area contributed by atoms with Gasteiger partial charge in [-0.05, 0) is 44.7 Å². The second kappa shape index (κ2) is 9.63. The minimum Gasteiger partial charge on any atom is -0.340 e. The van der Waals surface area contributed by atoms with Crippen LogP contribution in [0.3, 0.4) is 0 Å². The molecule has 0 radical (unpaired) electrons. The molecule has 0 aliphatic carbocycles. The molecular formula is C25H31N5O2. The molecule has 0 saturated carbocycles. The van der Waals surface area contributed by atoms with Crippen LogP contribution in [-0.4, -0.2) is 40.2 Å². The number of aromatic nitrogens is 2. The lowest BCUT2D eigenvalue weighted by molar-refractivity contribution is 0.0785. The predicted molar refractivity (Wildman–Crippen MR) is 126 cm³/mol. The summed E-state index contributed by atoms with van der Waals surface area (Å²) >= 11 is 0. The first kappa shape index (κ1) is 22.2. The number of nitrogens with zero attached hydrogens (tertiary/aromatic N) is 3. The van der Waals surface area contributed by atoms with E-state index in [-0.39, 0.29) is 17.5 Å². The number of rotatable bonds is 7. The molecule has 2 atom stereocenters. The number of carbonyl (C=O) groups excluding carboxylic acids is 1. The van der Waals surface area contributed by atoms with Gasteiger partial charge in [-0.3, -0.25) is 20.4 Å². The van der Waals surface area contributed by atoms with E-state index < -0.39 is 0 Å². The molecule has 1 aliphatic rings. The number of carbonyl (C=O) groups is 1. The zero-order chi connectivity index (χ0) is 22.7.